The molecule has 0 aromatic heterocycles. The van der Waals surface area contributed by atoms with Crippen LogP contribution in [0.15, 0.2) is 60.7 Å². The summed E-state index contributed by atoms with van der Waals surface area (Å²) in [6, 6.07) is 19.0. The van der Waals surface area contributed by atoms with Gasteiger partial charge in [-0.25, -0.2) is 0 Å². The summed E-state index contributed by atoms with van der Waals surface area (Å²) < 4.78 is 0. The summed E-state index contributed by atoms with van der Waals surface area (Å²) in [6.07, 6.45) is 0. The number of imide groups is 1. The van der Waals surface area contributed by atoms with Crippen molar-refractivity contribution >= 4 is 29.4 Å². The highest BCUT2D eigenvalue weighted by Crippen LogP contribution is 2.26. The van der Waals surface area contributed by atoms with Gasteiger partial charge in [-0.2, -0.15) is 0 Å². The Morgan fingerprint density at radius 2 is 1.62 bits per heavy atom. The van der Waals surface area contributed by atoms with Gasteiger partial charge in [0.1, 0.15) is 0 Å². The van der Waals surface area contributed by atoms with E-state index < -0.39 is 17.6 Å². The zero-order valence-corrected chi connectivity index (χ0v) is 13.9. The van der Waals surface area contributed by atoms with Gasteiger partial charge in [0.2, 0.25) is 11.7 Å². The number of carbonyl (C=O) groups is 3. The zero-order valence-electron chi connectivity index (χ0n) is 13.1. The van der Waals surface area contributed by atoms with E-state index >= 15 is 0 Å². The largest absolute Gasteiger partial charge is 0.297 e. The van der Waals surface area contributed by atoms with Gasteiger partial charge in [0.25, 0.3) is 5.91 Å². The Bertz CT molecular complexity index is 746. The van der Waals surface area contributed by atoms with E-state index in [1.165, 1.54) is 11.8 Å². The number of rotatable bonds is 5. The molecule has 24 heavy (non-hydrogen) atoms. The van der Waals surface area contributed by atoms with Crippen LogP contribution in [0.4, 0.5) is 0 Å². The summed E-state index contributed by atoms with van der Waals surface area (Å²) in [6.45, 7) is 0.145. The number of nitrogens with zero attached hydrogens (tertiary/aromatic N) is 1. The predicted octanol–water partition coefficient (Wildman–Crippen LogP) is 2.64. The number of ketones is 1. The monoisotopic (exact) mass is 339 g/mol. The molecule has 1 aliphatic rings. The Labute approximate surface area is 144 Å². The van der Waals surface area contributed by atoms with Crippen molar-refractivity contribution in [3.63, 3.8) is 0 Å². The molecule has 2 amide bonds. The lowest BCUT2D eigenvalue weighted by atomic mass is 9.97. The summed E-state index contributed by atoms with van der Waals surface area (Å²) in [5.74, 6) is -1.13. The number of hydrogen-bond donors (Lipinski definition) is 0. The zero-order chi connectivity index (χ0) is 16.9. The van der Waals surface area contributed by atoms with Crippen molar-refractivity contribution in [2.24, 2.45) is 0 Å². The van der Waals surface area contributed by atoms with Crippen LogP contribution in [0.5, 0.6) is 0 Å². The van der Waals surface area contributed by atoms with Crippen molar-refractivity contribution in [3.8, 4) is 0 Å². The van der Waals surface area contributed by atoms with Crippen molar-refractivity contribution < 1.29 is 14.4 Å². The second kappa shape index (κ2) is 7.45. The third-order valence-corrected chi connectivity index (χ3v) is 4.97. The van der Waals surface area contributed by atoms with E-state index in [4.69, 9.17) is 0 Å². The first-order valence-electron chi connectivity index (χ1n) is 7.72. The quantitative estimate of drug-likeness (QED) is 0.786. The van der Waals surface area contributed by atoms with E-state index in [0.29, 0.717) is 5.75 Å². The maximum Gasteiger partial charge on any atom is 0.297 e. The van der Waals surface area contributed by atoms with Crippen LogP contribution in [-0.2, 0) is 20.1 Å². The van der Waals surface area contributed by atoms with E-state index in [9.17, 15) is 14.4 Å². The first-order chi connectivity index (χ1) is 11.7. The Hall–Kier alpha value is -2.40. The number of likely N-dealkylation sites (tertiary alicyclic amines) is 1. The van der Waals surface area contributed by atoms with Crippen LogP contribution in [0, 0.1) is 0 Å². The second-order valence-corrected chi connectivity index (χ2v) is 6.60. The van der Waals surface area contributed by atoms with Crippen LogP contribution < -0.4 is 0 Å². The van der Waals surface area contributed by atoms with Gasteiger partial charge in [0.15, 0.2) is 0 Å². The summed E-state index contributed by atoms with van der Waals surface area (Å²) in [7, 11) is 0. The Morgan fingerprint density at radius 1 is 1.00 bits per heavy atom. The second-order valence-electron chi connectivity index (χ2n) is 5.62. The van der Waals surface area contributed by atoms with Crippen LogP contribution in [0.3, 0.4) is 0 Å². The first kappa shape index (κ1) is 16.5. The molecule has 0 unspecified atom stereocenters. The van der Waals surface area contributed by atoms with Crippen molar-refractivity contribution in [2.75, 3.05) is 12.3 Å². The molecule has 0 saturated carbocycles. The molecule has 2 aromatic carbocycles. The molecular weight excluding hydrogens is 322 g/mol. The van der Waals surface area contributed by atoms with Gasteiger partial charge in [-0.1, -0.05) is 60.7 Å². The molecule has 0 N–H and O–H groups in total. The molecule has 122 valence electrons. The summed E-state index contributed by atoms with van der Waals surface area (Å²) in [4.78, 5) is 37.7. The minimum absolute atomic E-state index is 0.145. The summed E-state index contributed by atoms with van der Waals surface area (Å²) >= 11 is 1.45. The third kappa shape index (κ3) is 3.57. The van der Waals surface area contributed by atoms with Crippen molar-refractivity contribution in [2.45, 2.75) is 11.7 Å². The molecule has 4 nitrogen and oxygen atoms in total. The number of thioether (sulfide) groups is 1. The topological polar surface area (TPSA) is 54.5 Å². The minimum Gasteiger partial charge on any atom is -0.288 e. The van der Waals surface area contributed by atoms with E-state index in [-0.39, 0.29) is 18.2 Å². The minimum atomic E-state index is -0.686. The molecule has 0 aliphatic carbocycles. The number of hydrogen-bond acceptors (Lipinski definition) is 4. The molecule has 3 rings (SSSR count). The van der Waals surface area contributed by atoms with Crippen LogP contribution >= 0.6 is 11.8 Å². The van der Waals surface area contributed by atoms with Gasteiger partial charge in [-0.15, -0.1) is 11.8 Å². The van der Waals surface area contributed by atoms with Gasteiger partial charge in [0, 0.05) is 12.3 Å². The van der Waals surface area contributed by atoms with Gasteiger partial charge >= 0.3 is 0 Å². The van der Waals surface area contributed by atoms with Gasteiger partial charge in [-0.3, -0.25) is 19.3 Å². The Morgan fingerprint density at radius 3 is 2.29 bits per heavy atom. The summed E-state index contributed by atoms with van der Waals surface area (Å²) in [5.41, 5.74) is 1.91. The Balaban J connectivity index is 1.59. The molecule has 1 fully saturated rings. The molecule has 0 radical (unpaired) electrons. The maximum atomic E-state index is 12.3. The lowest BCUT2D eigenvalue weighted by Gasteiger charge is -2.13. The lowest BCUT2D eigenvalue weighted by molar-refractivity contribution is -0.146. The average molecular weight is 339 g/mol. The lowest BCUT2D eigenvalue weighted by Crippen LogP contribution is -2.35. The van der Waals surface area contributed by atoms with Crippen molar-refractivity contribution in [3.05, 3.63) is 71.8 Å². The fraction of sp³-hybridized carbons (Fsp3) is 0.211. The number of Topliss-reactive ketones (excluding diaryl/α,β-unsaturated/α-hetero) is 1. The van der Waals surface area contributed by atoms with Crippen molar-refractivity contribution in [1.29, 1.82) is 0 Å². The smallest absolute Gasteiger partial charge is 0.288 e. The standard InChI is InChI=1S/C19H17NO3S/c21-17(13-24-12-14-7-3-1-4-8-14)20-11-16(18(22)19(20)23)15-9-5-2-6-10-15/h1-10,16H,11-13H2/t16-/m1/s1. The SMILES string of the molecule is O=C1C(=O)N(C(=O)CSCc2ccccc2)C[C@@H]1c1ccccc1. The normalized spacial score (nSPS) is 17.3. The van der Waals surface area contributed by atoms with Crippen LogP contribution in [0.1, 0.15) is 17.0 Å². The molecule has 0 spiro atoms. The van der Waals surface area contributed by atoms with Gasteiger partial charge in [0.05, 0.1) is 11.7 Å². The number of amides is 2. The van der Waals surface area contributed by atoms with Crippen LogP contribution in [-0.4, -0.2) is 34.8 Å². The van der Waals surface area contributed by atoms with Gasteiger partial charge in [-0.05, 0) is 11.1 Å². The summed E-state index contributed by atoms with van der Waals surface area (Å²) in [5, 5.41) is 0. The molecule has 2 aromatic rings. The molecule has 0 bridgehead atoms. The van der Waals surface area contributed by atoms with Crippen LogP contribution in [0.2, 0.25) is 0 Å². The number of carbonyl (C=O) groups excluding carboxylic acids is 3. The van der Waals surface area contributed by atoms with E-state index in [2.05, 4.69) is 0 Å². The highest BCUT2D eigenvalue weighted by Gasteiger charge is 2.42. The third-order valence-electron chi connectivity index (χ3n) is 3.98. The number of benzene rings is 2. The molecule has 5 heteroatoms. The highest BCUT2D eigenvalue weighted by molar-refractivity contribution is 7.99. The van der Waals surface area contributed by atoms with Crippen molar-refractivity contribution in [1.82, 2.24) is 4.90 Å². The Kier molecular flexibility index (Phi) is 5.11. The molecule has 1 aliphatic heterocycles. The van der Waals surface area contributed by atoms with Gasteiger partial charge < -0.3 is 0 Å². The molecule has 1 saturated heterocycles. The molecular formula is C19H17NO3S. The van der Waals surface area contributed by atoms with E-state index in [1.54, 1.807) is 0 Å². The average Bonchev–Trinajstić information content (AvgIpc) is 2.92. The fourth-order valence-corrected chi connectivity index (χ4v) is 3.56. The van der Waals surface area contributed by atoms with Crippen LogP contribution in [0.25, 0.3) is 0 Å². The maximum absolute atomic E-state index is 12.3. The molecule has 1 heterocycles. The fourth-order valence-electron chi connectivity index (χ4n) is 2.70. The highest BCUT2D eigenvalue weighted by atomic mass is 32.2. The molecule has 1 atom stereocenters. The van der Waals surface area contributed by atoms with E-state index in [1.807, 2.05) is 60.7 Å². The first-order valence-corrected chi connectivity index (χ1v) is 8.87. The predicted molar refractivity (Wildman–Crippen MR) is 93.5 cm³/mol. The van der Waals surface area contributed by atoms with E-state index in [0.717, 1.165) is 16.0 Å².